The third-order valence-corrected chi connectivity index (χ3v) is 5.75. The van der Waals surface area contributed by atoms with E-state index in [1.54, 1.807) is 24.3 Å². The van der Waals surface area contributed by atoms with Crippen molar-refractivity contribution in [3.8, 4) is 39.9 Å². The summed E-state index contributed by atoms with van der Waals surface area (Å²) >= 11 is 0. The van der Waals surface area contributed by atoms with Crippen molar-refractivity contribution in [1.29, 1.82) is 0 Å². The average Bonchev–Trinajstić information content (AvgIpc) is 2.79. The Hall–Kier alpha value is -4.46. The van der Waals surface area contributed by atoms with Gasteiger partial charge in [-0.3, -0.25) is 9.59 Å². The summed E-state index contributed by atoms with van der Waals surface area (Å²) in [5.41, 5.74) is 1.32. The van der Waals surface area contributed by atoms with Crippen molar-refractivity contribution < 1.29 is 34.0 Å². The summed E-state index contributed by atoms with van der Waals surface area (Å²) in [5, 5.41) is 30.3. The number of phenolic OH excluding ortho intramolecular Hbond substituents is 3. The summed E-state index contributed by atoms with van der Waals surface area (Å²) in [7, 11) is 1.43. The molecule has 3 N–H and O–H groups in total. The van der Waals surface area contributed by atoms with E-state index >= 15 is 0 Å². The van der Waals surface area contributed by atoms with Gasteiger partial charge in [0.05, 0.1) is 19.1 Å². The number of ether oxygens (including phenoxy) is 2. The fraction of sp³-hybridized carbons (Fsp3) is 0.120. The SMILES string of the molecule is COc1ccc([C@@H]2CC(=O)Oc3cc(O)c4c(=O)c(-c5ccc(O)cc5)coc4c32)cc1O. The van der Waals surface area contributed by atoms with Gasteiger partial charge in [-0.1, -0.05) is 18.2 Å². The molecule has 1 atom stereocenters. The van der Waals surface area contributed by atoms with Crippen molar-refractivity contribution in [2.24, 2.45) is 0 Å². The predicted molar refractivity (Wildman–Crippen MR) is 118 cm³/mol. The van der Waals surface area contributed by atoms with E-state index in [1.807, 2.05) is 0 Å². The molecule has 8 nitrogen and oxygen atoms in total. The average molecular weight is 446 g/mol. The number of hydrogen-bond donors (Lipinski definition) is 3. The van der Waals surface area contributed by atoms with Crippen molar-refractivity contribution >= 4 is 16.9 Å². The predicted octanol–water partition coefficient (Wildman–Crippen LogP) is 4.03. The van der Waals surface area contributed by atoms with Crippen LogP contribution in [0.4, 0.5) is 0 Å². The van der Waals surface area contributed by atoms with E-state index < -0.39 is 17.3 Å². The quantitative estimate of drug-likeness (QED) is 0.318. The van der Waals surface area contributed by atoms with Gasteiger partial charge in [0.15, 0.2) is 11.5 Å². The molecule has 0 unspecified atom stereocenters. The van der Waals surface area contributed by atoms with E-state index in [0.717, 1.165) is 0 Å². The normalized spacial score (nSPS) is 15.2. The second kappa shape index (κ2) is 7.59. The number of carbonyl (C=O) groups excluding carboxylic acids is 1. The van der Waals surface area contributed by atoms with Gasteiger partial charge in [-0.25, -0.2) is 0 Å². The largest absolute Gasteiger partial charge is 0.508 e. The molecule has 1 aromatic heterocycles. The molecule has 0 fully saturated rings. The van der Waals surface area contributed by atoms with Gasteiger partial charge in [-0.2, -0.15) is 0 Å². The van der Waals surface area contributed by atoms with E-state index in [2.05, 4.69) is 0 Å². The van der Waals surface area contributed by atoms with E-state index in [1.165, 1.54) is 37.6 Å². The summed E-state index contributed by atoms with van der Waals surface area (Å²) in [5.74, 6) is -1.20. The van der Waals surface area contributed by atoms with Gasteiger partial charge in [0.1, 0.15) is 34.5 Å². The molecule has 0 spiro atoms. The van der Waals surface area contributed by atoms with Crippen LogP contribution in [-0.4, -0.2) is 28.4 Å². The number of carbonyl (C=O) groups is 1. The van der Waals surface area contributed by atoms with E-state index in [-0.39, 0.29) is 51.7 Å². The monoisotopic (exact) mass is 446 g/mol. The van der Waals surface area contributed by atoms with Crippen LogP contribution in [-0.2, 0) is 4.79 Å². The van der Waals surface area contributed by atoms with Crippen LogP contribution in [0.2, 0.25) is 0 Å². The minimum Gasteiger partial charge on any atom is -0.508 e. The van der Waals surface area contributed by atoms with Crippen LogP contribution >= 0.6 is 0 Å². The van der Waals surface area contributed by atoms with Gasteiger partial charge in [-0.15, -0.1) is 0 Å². The van der Waals surface area contributed by atoms with Crippen LogP contribution in [0.1, 0.15) is 23.5 Å². The zero-order valence-corrected chi connectivity index (χ0v) is 17.4. The third-order valence-electron chi connectivity index (χ3n) is 5.75. The second-order valence-corrected chi connectivity index (χ2v) is 7.70. The molecule has 0 radical (unpaired) electrons. The van der Waals surface area contributed by atoms with E-state index in [0.29, 0.717) is 16.7 Å². The molecule has 1 aliphatic heterocycles. The zero-order valence-electron chi connectivity index (χ0n) is 17.4. The van der Waals surface area contributed by atoms with Crippen molar-refractivity contribution in [1.82, 2.24) is 0 Å². The molecule has 5 rings (SSSR count). The molecule has 3 aromatic carbocycles. The van der Waals surface area contributed by atoms with Gasteiger partial charge in [0.25, 0.3) is 0 Å². The number of hydrogen-bond acceptors (Lipinski definition) is 8. The summed E-state index contributed by atoms with van der Waals surface area (Å²) in [6.07, 6.45) is 1.22. The van der Waals surface area contributed by atoms with Crippen LogP contribution in [0.3, 0.4) is 0 Å². The maximum absolute atomic E-state index is 13.3. The lowest BCUT2D eigenvalue weighted by Crippen LogP contribution is -2.22. The Bertz CT molecular complexity index is 1470. The van der Waals surface area contributed by atoms with Crippen LogP contribution in [0.25, 0.3) is 22.1 Å². The van der Waals surface area contributed by atoms with Crippen molar-refractivity contribution in [2.45, 2.75) is 12.3 Å². The Morgan fingerprint density at radius 2 is 1.73 bits per heavy atom. The van der Waals surface area contributed by atoms with Gasteiger partial charge in [-0.05, 0) is 35.4 Å². The first-order valence-electron chi connectivity index (χ1n) is 10.1. The molecule has 0 amide bonds. The summed E-state index contributed by atoms with van der Waals surface area (Å²) < 4.78 is 16.3. The van der Waals surface area contributed by atoms with Crippen LogP contribution in [0.5, 0.6) is 28.7 Å². The third kappa shape index (κ3) is 3.32. The van der Waals surface area contributed by atoms with Crippen molar-refractivity contribution in [2.75, 3.05) is 7.11 Å². The molecule has 2 heterocycles. The number of esters is 1. The topological polar surface area (TPSA) is 126 Å². The van der Waals surface area contributed by atoms with Crippen LogP contribution in [0, 0.1) is 0 Å². The number of rotatable bonds is 3. The van der Waals surface area contributed by atoms with Gasteiger partial charge >= 0.3 is 5.97 Å². The lowest BCUT2D eigenvalue weighted by Gasteiger charge is -2.26. The first-order chi connectivity index (χ1) is 15.9. The highest BCUT2D eigenvalue weighted by Gasteiger charge is 2.34. The summed E-state index contributed by atoms with van der Waals surface area (Å²) in [4.78, 5) is 25.6. The lowest BCUT2D eigenvalue weighted by atomic mass is 9.84. The zero-order chi connectivity index (χ0) is 23.3. The Kier molecular flexibility index (Phi) is 4.70. The highest BCUT2D eigenvalue weighted by atomic mass is 16.5. The first kappa shape index (κ1) is 20.4. The standard InChI is InChI=1S/C25H18O8/c1-31-19-7-4-13(8-17(19)27)15-9-21(29)33-20-10-18(28)23-24(30)16(11-32-25(23)22(15)20)12-2-5-14(26)6-3-12/h2-8,10-11,15,26-28H,9H2,1H3/t15-/m0/s1. The van der Waals surface area contributed by atoms with Gasteiger partial charge in [0, 0.05) is 17.5 Å². The molecule has 8 heteroatoms. The van der Waals surface area contributed by atoms with Gasteiger partial charge in [0.2, 0.25) is 5.43 Å². The van der Waals surface area contributed by atoms with Gasteiger partial charge < -0.3 is 29.2 Å². The molecule has 33 heavy (non-hydrogen) atoms. The highest BCUT2D eigenvalue weighted by Crippen LogP contribution is 2.46. The fourth-order valence-electron chi connectivity index (χ4n) is 4.18. The fourth-order valence-corrected chi connectivity index (χ4v) is 4.18. The number of benzene rings is 3. The molecule has 1 aliphatic rings. The Labute approximate surface area is 186 Å². The maximum Gasteiger partial charge on any atom is 0.312 e. The van der Waals surface area contributed by atoms with Crippen LogP contribution < -0.4 is 14.9 Å². The van der Waals surface area contributed by atoms with Crippen molar-refractivity contribution in [3.05, 3.63) is 76.1 Å². The first-order valence-corrected chi connectivity index (χ1v) is 10.1. The lowest BCUT2D eigenvalue weighted by molar-refractivity contribution is -0.135. The molecular weight excluding hydrogens is 428 g/mol. The Balaban J connectivity index is 1.75. The Morgan fingerprint density at radius 1 is 0.970 bits per heavy atom. The number of aromatic hydroxyl groups is 3. The maximum atomic E-state index is 13.3. The van der Waals surface area contributed by atoms with Crippen LogP contribution in [0.15, 0.2) is 64.0 Å². The second-order valence-electron chi connectivity index (χ2n) is 7.70. The molecule has 0 bridgehead atoms. The minimum atomic E-state index is -0.594. The molecular formula is C25H18O8. The number of methoxy groups -OCH3 is 1. The molecule has 4 aromatic rings. The summed E-state index contributed by atoms with van der Waals surface area (Å²) in [6.45, 7) is 0. The molecule has 0 saturated heterocycles. The molecule has 0 saturated carbocycles. The smallest absolute Gasteiger partial charge is 0.312 e. The number of phenols is 3. The van der Waals surface area contributed by atoms with E-state index in [9.17, 15) is 24.9 Å². The van der Waals surface area contributed by atoms with Crippen molar-refractivity contribution in [3.63, 3.8) is 0 Å². The van der Waals surface area contributed by atoms with E-state index in [4.69, 9.17) is 13.9 Å². The summed E-state index contributed by atoms with van der Waals surface area (Å²) in [6, 6.07) is 12.0. The molecule has 0 aliphatic carbocycles. The Morgan fingerprint density at radius 3 is 2.42 bits per heavy atom. The molecule has 166 valence electrons. The minimum absolute atomic E-state index is 0.0493. The highest BCUT2D eigenvalue weighted by molar-refractivity contribution is 5.94. The number of fused-ring (bicyclic) bond motifs is 3.